The van der Waals surface area contributed by atoms with Gasteiger partial charge in [-0.2, -0.15) is 0 Å². The second-order valence-corrected chi connectivity index (χ2v) is 6.02. The van der Waals surface area contributed by atoms with Crippen molar-refractivity contribution in [3.63, 3.8) is 0 Å². The molecule has 18 heavy (non-hydrogen) atoms. The number of hydrogen-bond acceptors (Lipinski definition) is 4. The number of nitrogens with zero attached hydrogens (tertiary/aromatic N) is 1. The Bertz CT molecular complexity index is 236. The molecular formula is C14H30N2O2. The van der Waals surface area contributed by atoms with Gasteiger partial charge in [0.25, 0.3) is 0 Å². The first kappa shape index (κ1) is 17.4. The summed E-state index contributed by atoms with van der Waals surface area (Å²) < 4.78 is 5.10. The third-order valence-electron chi connectivity index (χ3n) is 2.45. The summed E-state index contributed by atoms with van der Waals surface area (Å²) in [6.45, 7) is 13.4. The van der Waals surface area contributed by atoms with E-state index in [4.69, 9.17) is 4.74 Å². The monoisotopic (exact) mass is 258 g/mol. The van der Waals surface area contributed by atoms with Gasteiger partial charge in [-0.05, 0) is 32.4 Å². The summed E-state index contributed by atoms with van der Waals surface area (Å²) in [5.41, 5.74) is 0.235. The molecular weight excluding hydrogens is 228 g/mol. The van der Waals surface area contributed by atoms with Gasteiger partial charge in [-0.25, -0.2) is 0 Å². The van der Waals surface area contributed by atoms with Gasteiger partial charge in [0.05, 0.1) is 6.61 Å². The van der Waals surface area contributed by atoms with Crippen LogP contribution in [0.5, 0.6) is 0 Å². The third-order valence-corrected chi connectivity index (χ3v) is 2.45. The van der Waals surface area contributed by atoms with Crippen molar-refractivity contribution >= 4 is 5.97 Å². The number of carbonyl (C=O) groups excluding carboxylic acids is 1. The highest BCUT2D eigenvalue weighted by Crippen LogP contribution is 2.14. The summed E-state index contributed by atoms with van der Waals surface area (Å²) in [5.74, 6) is -0.147. The molecule has 108 valence electrons. The quantitative estimate of drug-likeness (QED) is 0.675. The van der Waals surface area contributed by atoms with Crippen LogP contribution in [-0.4, -0.2) is 50.2 Å². The number of ether oxygens (including phenoxy) is 1. The molecule has 0 fully saturated rings. The van der Waals surface area contributed by atoms with Gasteiger partial charge in [0.1, 0.15) is 6.04 Å². The van der Waals surface area contributed by atoms with E-state index in [-0.39, 0.29) is 17.4 Å². The minimum Gasteiger partial charge on any atom is -0.465 e. The number of likely N-dealkylation sites (N-methyl/N-ethyl adjacent to an activating group) is 1. The molecule has 0 aromatic heterocycles. The summed E-state index contributed by atoms with van der Waals surface area (Å²) >= 11 is 0. The van der Waals surface area contributed by atoms with Gasteiger partial charge in [0.15, 0.2) is 0 Å². The lowest BCUT2D eigenvalue weighted by atomic mass is 9.96. The number of hydrogen-bond donors (Lipinski definition) is 1. The molecule has 0 saturated heterocycles. The first-order valence-corrected chi connectivity index (χ1v) is 6.88. The van der Waals surface area contributed by atoms with Crippen LogP contribution in [0.25, 0.3) is 0 Å². The van der Waals surface area contributed by atoms with Gasteiger partial charge in [-0.1, -0.05) is 27.7 Å². The molecule has 0 aromatic rings. The van der Waals surface area contributed by atoms with Gasteiger partial charge >= 0.3 is 5.97 Å². The van der Waals surface area contributed by atoms with Crippen LogP contribution < -0.4 is 5.32 Å². The highest BCUT2D eigenvalue weighted by atomic mass is 16.5. The van der Waals surface area contributed by atoms with Crippen LogP contribution >= 0.6 is 0 Å². The molecule has 0 aliphatic rings. The molecule has 1 unspecified atom stereocenters. The Kier molecular flexibility index (Phi) is 8.20. The van der Waals surface area contributed by atoms with Crippen LogP contribution in [0.15, 0.2) is 0 Å². The van der Waals surface area contributed by atoms with Crippen LogP contribution in [0, 0.1) is 5.41 Å². The van der Waals surface area contributed by atoms with Crippen molar-refractivity contribution in [3.05, 3.63) is 0 Å². The van der Waals surface area contributed by atoms with Crippen LogP contribution in [0.2, 0.25) is 0 Å². The fourth-order valence-electron chi connectivity index (χ4n) is 1.97. The maximum absolute atomic E-state index is 11.8. The zero-order valence-corrected chi connectivity index (χ0v) is 12.9. The Morgan fingerprint density at radius 3 is 2.39 bits per heavy atom. The predicted molar refractivity (Wildman–Crippen MR) is 75.7 cm³/mol. The average Bonchev–Trinajstić information content (AvgIpc) is 2.21. The SMILES string of the molecule is CCCNC(CN(C)CC(C)(C)C)C(=O)OCC. The summed E-state index contributed by atoms with van der Waals surface area (Å²) in [7, 11) is 2.05. The third kappa shape index (κ3) is 8.48. The molecule has 0 aliphatic carbocycles. The van der Waals surface area contributed by atoms with Gasteiger partial charge in [-0.3, -0.25) is 4.79 Å². The fourth-order valence-corrected chi connectivity index (χ4v) is 1.97. The molecule has 0 saturated carbocycles. The van der Waals surface area contributed by atoms with Crippen LogP contribution in [0.3, 0.4) is 0 Å². The van der Waals surface area contributed by atoms with E-state index in [0.717, 1.165) is 19.5 Å². The normalized spacial score (nSPS) is 13.7. The van der Waals surface area contributed by atoms with E-state index in [1.54, 1.807) is 0 Å². The molecule has 1 N–H and O–H groups in total. The zero-order chi connectivity index (χ0) is 14.2. The standard InChI is InChI=1S/C14H30N2O2/c1-7-9-15-12(13(17)18-8-2)10-16(6)11-14(3,4)5/h12,15H,7-11H2,1-6H3. The van der Waals surface area contributed by atoms with Gasteiger partial charge in [0.2, 0.25) is 0 Å². The lowest BCUT2D eigenvalue weighted by Gasteiger charge is -2.29. The number of carbonyl (C=O) groups is 1. The van der Waals surface area contributed by atoms with Crippen LogP contribution in [0.4, 0.5) is 0 Å². The van der Waals surface area contributed by atoms with Crippen molar-refractivity contribution < 1.29 is 9.53 Å². The highest BCUT2D eigenvalue weighted by Gasteiger charge is 2.22. The maximum Gasteiger partial charge on any atom is 0.324 e. The number of rotatable bonds is 8. The van der Waals surface area contributed by atoms with E-state index in [1.807, 2.05) is 14.0 Å². The first-order chi connectivity index (χ1) is 8.30. The van der Waals surface area contributed by atoms with E-state index >= 15 is 0 Å². The molecule has 0 amide bonds. The van der Waals surface area contributed by atoms with E-state index in [0.29, 0.717) is 13.2 Å². The first-order valence-electron chi connectivity index (χ1n) is 6.88. The predicted octanol–water partition coefficient (Wildman–Crippen LogP) is 1.90. The molecule has 0 rings (SSSR count). The van der Waals surface area contributed by atoms with E-state index < -0.39 is 0 Å². The fraction of sp³-hybridized carbons (Fsp3) is 0.929. The lowest BCUT2D eigenvalue weighted by molar-refractivity contribution is -0.146. The summed E-state index contributed by atoms with van der Waals surface area (Å²) in [4.78, 5) is 14.0. The zero-order valence-electron chi connectivity index (χ0n) is 12.9. The topological polar surface area (TPSA) is 41.6 Å². The summed E-state index contributed by atoms with van der Waals surface area (Å²) in [6, 6.07) is -0.225. The van der Waals surface area contributed by atoms with Crippen LogP contribution in [-0.2, 0) is 9.53 Å². The van der Waals surface area contributed by atoms with Crippen LogP contribution in [0.1, 0.15) is 41.0 Å². The number of nitrogens with one attached hydrogen (secondary N) is 1. The summed E-state index contributed by atoms with van der Waals surface area (Å²) in [6.07, 6.45) is 1.01. The minimum absolute atomic E-state index is 0.147. The number of esters is 1. The maximum atomic E-state index is 11.8. The second-order valence-electron chi connectivity index (χ2n) is 6.02. The Balaban J connectivity index is 4.34. The van der Waals surface area contributed by atoms with Crippen molar-refractivity contribution in [3.8, 4) is 0 Å². The van der Waals surface area contributed by atoms with Crippen molar-refractivity contribution in [1.29, 1.82) is 0 Å². The van der Waals surface area contributed by atoms with Gasteiger partial charge in [-0.15, -0.1) is 0 Å². The van der Waals surface area contributed by atoms with Crippen molar-refractivity contribution in [2.24, 2.45) is 5.41 Å². The lowest BCUT2D eigenvalue weighted by Crippen LogP contribution is -2.47. The average molecular weight is 258 g/mol. The molecule has 0 heterocycles. The molecule has 0 radical (unpaired) electrons. The molecule has 4 nitrogen and oxygen atoms in total. The largest absolute Gasteiger partial charge is 0.465 e. The van der Waals surface area contributed by atoms with E-state index in [9.17, 15) is 4.79 Å². The van der Waals surface area contributed by atoms with Crippen molar-refractivity contribution in [2.75, 3.05) is 33.3 Å². The summed E-state index contributed by atoms with van der Waals surface area (Å²) in [5, 5.41) is 3.25. The highest BCUT2D eigenvalue weighted by molar-refractivity contribution is 5.76. The molecule has 0 spiro atoms. The van der Waals surface area contributed by atoms with Gasteiger partial charge in [0, 0.05) is 13.1 Å². The molecule has 0 aromatic carbocycles. The van der Waals surface area contributed by atoms with E-state index in [2.05, 4.69) is 37.9 Å². The minimum atomic E-state index is -0.225. The Labute approximate surface area is 112 Å². The van der Waals surface area contributed by atoms with Crippen molar-refractivity contribution in [2.45, 2.75) is 47.1 Å². The molecule has 4 heteroatoms. The molecule has 0 aliphatic heterocycles. The smallest absolute Gasteiger partial charge is 0.324 e. The Morgan fingerprint density at radius 2 is 1.94 bits per heavy atom. The van der Waals surface area contributed by atoms with E-state index in [1.165, 1.54) is 0 Å². The second kappa shape index (κ2) is 8.48. The molecule has 1 atom stereocenters. The Hall–Kier alpha value is -0.610. The van der Waals surface area contributed by atoms with Crippen molar-refractivity contribution in [1.82, 2.24) is 10.2 Å². The Morgan fingerprint density at radius 1 is 1.33 bits per heavy atom. The molecule has 0 bridgehead atoms. The van der Waals surface area contributed by atoms with Gasteiger partial charge < -0.3 is 15.0 Å².